The molecule has 0 radical (unpaired) electrons. The molecule has 102 valence electrons. The minimum Gasteiger partial charge on any atom is -0.491 e. The van der Waals surface area contributed by atoms with E-state index in [4.69, 9.17) is 4.74 Å². The lowest BCUT2D eigenvalue weighted by Gasteiger charge is -2.14. The summed E-state index contributed by atoms with van der Waals surface area (Å²) in [6.45, 7) is 5.39. The van der Waals surface area contributed by atoms with Gasteiger partial charge >= 0.3 is 4.87 Å². The molecule has 2 rings (SSSR count). The van der Waals surface area contributed by atoms with Crippen molar-refractivity contribution in [3.63, 3.8) is 0 Å². The zero-order valence-corrected chi connectivity index (χ0v) is 11.9. The molecule has 0 spiro atoms. The second kappa shape index (κ2) is 6.54. The highest BCUT2D eigenvalue weighted by Gasteiger charge is 2.04. The first kappa shape index (κ1) is 13.8. The van der Waals surface area contributed by atoms with Gasteiger partial charge in [0.1, 0.15) is 5.75 Å². The van der Waals surface area contributed by atoms with Crippen LogP contribution in [-0.4, -0.2) is 11.1 Å². The molecule has 5 heteroatoms. The number of rotatable bonds is 6. The van der Waals surface area contributed by atoms with Crippen molar-refractivity contribution in [3.8, 4) is 5.75 Å². The van der Waals surface area contributed by atoms with E-state index < -0.39 is 0 Å². The molecule has 19 heavy (non-hydrogen) atoms. The molecule has 1 heterocycles. The van der Waals surface area contributed by atoms with Crippen LogP contribution in [0.4, 0.5) is 0 Å². The maximum atomic E-state index is 11.0. The number of H-pyrrole nitrogens is 1. The highest BCUT2D eigenvalue weighted by molar-refractivity contribution is 7.07. The number of hydrogen-bond acceptors (Lipinski definition) is 4. The van der Waals surface area contributed by atoms with Crippen molar-refractivity contribution in [1.82, 2.24) is 10.3 Å². The molecular weight excluding hydrogens is 260 g/mol. The van der Waals surface area contributed by atoms with Crippen molar-refractivity contribution >= 4 is 11.3 Å². The van der Waals surface area contributed by atoms with Crippen molar-refractivity contribution in [2.45, 2.75) is 33.0 Å². The second-order valence-electron chi connectivity index (χ2n) is 4.55. The quantitative estimate of drug-likeness (QED) is 0.853. The molecule has 0 unspecified atom stereocenters. The van der Waals surface area contributed by atoms with Gasteiger partial charge in [0, 0.05) is 29.7 Å². The topological polar surface area (TPSA) is 54.1 Å². The molecule has 2 aromatic rings. The van der Waals surface area contributed by atoms with Crippen LogP contribution in [-0.2, 0) is 13.1 Å². The summed E-state index contributed by atoms with van der Waals surface area (Å²) < 4.78 is 5.76. The summed E-state index contributed by atoms with van der Waals surface area (Å²) in [7, 11) is 0. The van der Waals surface area contributed by atoms with Crippen LogP contribution in [0, 0.1) is 0 Å². The normalized spacial score (nSPS) is 10.9. The SMILES string of the molecule is CC(C)Oc1ccccc1CNCc1csc(=O)[nH]1. The summed E-state index contributed by atoms with van der Waals surface area (Å²) in [6, 6.07) is 7.98. The Morgan fingerprint density at radius 2 is 2.11 bits per heavy atom. The molecule has 0 bridgehead atoms. The summed E-state index contributed by atoms with van der Waals surface area (Å²) in [5, 5.41) is 5.14. The maximum absolute atomic E-state index is 11.0. The number of ether oxygens (including phenoxy) is 1. The van der Waals surface area contributed by atoms with E-state index in [0.717, 1.165) is 17.0 Å². The van der Waals surface area contributed by atoms with Gasteiger partial charge in [0.25, 0.3) is 0 Å². The zero-order valence-electron chi connectivity index (χ0n) is 11.1. The van der Waals surface area contributed by atoms with Crippen molar-refractivity contribution in [2.24, 2.45) is 0 Å². The van der Waals surface area contributed by atoms with E-state index in [1.54, 1.807) is 0 Å². The Kier molecular flexibility index (Phi) is 4.76. The van der Waals surface area contributed by atoms with Gasteiger partial charge in [0.15, 0.2) is 0 Å². The van der Waals surface area contributed by atoms with Gasteiger partial charge in [-0.1, -0.05) is 29.5 Å². The molecule has 1 aromatic heterocycles. The predicted octanol–water partition coefficient (Wildman–Crippen LogP) is 2.51. The van der Waals surface area contributed by atoms with Crippen LogP contribution in [0.2, 0.25) is 0 Å². The van der Waals surface area contributed by atoms with E-state index in [0.29, 0.717) is 13.1 Å². The molecule has 4 nitrogen and oxygen atoms in total. The first-order valence-corrected chi connectivity index (χ1v) is 7.15. The van der Waals surface area contributed by atoms with Crippen LogP contribution in [0.5, 0.6) is 5.75 Å². The minimum absolute atomic E-state index is 0.0136. The first-order valence-electron chi connectivity index (χ1n) is 6.27. The molecule has 1 aromatic carbocycles. The van der Waals surface area contributed by atoms with Crippen LogP contribution in [0.15, 0.2) is 34.4 Å². The lowest BCUT2D eigenvalue weighted by atomic mass is 10.2. The van der Waals surface area contributed by atoms with Crippen molar-refractivity contribution in [3.05, 3.63) is 50.6 Å². The van der Waals surface area contributed by atoms with Crippen LogP contribution >= 0.6 is 11.3 Å². The highest BCUT2D eigenvalue weighted by Crippen LogP contribution is 2.19. The van der Waals surface area contributed by atoms with Gasteiger partial charge in [0.05, 0.1) is 6.10 Å². The van der Waals surface area contributed by atoms with Crippen LogP contribution in [0.1, 0.15) is 25.1 Å². The van der Waals surface area contributed by atoms with Crippen LogP contribution in [0.3, 0.4) is 0 Å². The third-order valence-corrected chi connectivity index (χ3v) is 3.26. The van der Waals surface area contributed by atoms with Crippen molar-refractivity contribution < 1.29 is 4.74 Å². The Bertz CT molecular complexity index is 575. The molecule has 2 N–H and O–H groups in total. The Hall–Kier alpha value is -1.59. The number of para-hydroxylation sites is 1. The highest BCUT2D eigenvalue weighted by atomic mass is 32.1. The lowest BCUT2D eigenvalue weighted by Crippen LogP contribution is -2.15. The van der Waals surface area contributed by atoms with Crippen molar-refractivity contribution in [2.75, 3.05) is 0 Å². The fourth-order valence-electron chi connectivity index (χ4n) is 1.75. The molecular formula is C14H18N2O2S. The fraction of sp³-hybridized carbons (Fsp3) is 0.357. The molecule has 0 aliphatic carbocycles. The van der Waals surface area contributed by atoms with E-state index in [1.807, 2.05) is 43.5 Å². The Labute approximate surface area is 116 Å². The third kappa shape index (κ3) is 4.22. The average molecular weight is 278 g/mol. The summed E-state index contributed by atoms with van der Waals surface area (Å²) >= 11 is 1.19. The number of aromatic amines is 1. The summed E-state index contributed by atoms with van der Waals surface area (Å²) in [4.78, 5) is 13.8. The summed E-state index contributed by atoms with van der Waals surface area (Å²) in [5.74, 6) is 0.906. The van der Waals surface area contributed by atoms with Gasteiger partial charge in [-0.05, 0) is 19.9 Å². The summed E-state index contributed by atoms with van der Waals surface area (Å²) in [6.07, 6.45) is 0.161. The number of thiazole rings is 1. The Balaban J connectivity index is 1.93. The van der Waals surface area contributed by atoms with E-state index in [2.05, 4.69) is 10.3 Å². The molecule has 0 saturated heterocycles. The van der Waals surface area contributed by atoms with Gasteiger partial charge in [-0.3, -0.25) is 4.79 Å². The standard InChI is InChI=1S/C14H18N2O2S/c1-10(2)18-13-6-4-3-5-11(13)7-15-8-12-9-19-14(17)16-12/h3-6,9-10,15H,7-8H2,1-2H3,(H,16,17). The second-order valence-corrected chi connectivity index (χ2v) is 5.39. The number of benzene rings is 1. The van der Waals surface area contributed by atoms with Crippen molar-refractivity contribution in [1.29, 1.82) is 0 Å². The van der Waals surface area contributed by atoms with E-state index in [-0.39, 0.29) is 11.0 Å². The minimum atomic E-state index is -0.0136. The van der Waals surface area contributed by atoms with Crippen LogP contribution in [0.25, 0.3) is 0 Å². The Morgan fingerprint density at radius 3 is 2.79 bits per heavy atom. The average Bonchev–Trinajstić information content (AvgIpc) is 2.77. The Morgan fingerprint density at radius 1 is 1.32 bits per heavy atom. The molecule has 0 amide bonds. The first-order chi connectivity index (χ1) is 9.15. The van der Waals surface area contributed by atoms with Gasteiger partial charge in [0.2, 0.25) is 0 Å². The smallest absolute Gasteiger partial charge is 0.304 e. The van der Waals surface area contributed by atoms with Gasteiger partial charge in [-0.2, -0.15) is 0 Å². The molecule has 0 aliphatic heterocycles. The third-order valence-electron chi connectivity index (χ3n) is 2.54. The van der Waals surface area contributed by atoms with Gasteiger partial charge < -0.3 is 15.0 Å². The molecule has 0 saturated carbocycles. The number of hydrogen-bond donors (Lipinski definition) is 2. The fourth-order valence-corrected chi connectivity index (χ4v) is 2.33. The van der Waals surface area contributed by atoms with Gasteiger partial charge in [-0.25, -0.2) is 0 Å². The molecule has 0 atom stereocenters. The van der Waals surface area contributed by atoms with E-state index in [1.165, 1.54) is 11.3 Å². The number of aromatic nitrogens is 1. The molecule has 0 aliphatic rings. The monoisotopic (exact) mass is 278 g/mol. The maximum Gasteiger partial charge on any atom is 0.304 e. The van der Waals surface area contributed by atoms with E-state index in [9.17, 15) is 4.79 Å². The van der Waals surface area contributed by atoms with Gasteiger partial charge in [-0.15, -0.1) is 0 Å². The number of nitrogens with one attached hydrogen (secondary N) is 2. The summed E-state index contributed by atoms with van der Waals surface area (Å²) in [5.41, 5.74) is 2.03. The lowest BCUT2D eigenvalue weighted by molar-refractivity contribution is 0.239. The largest absolute Gasteiger partial charge is 0.491 e. The van der Waals surface area contributed by atoms with E-state index >= 15 is 0 Å². The molecule has 0 fully saturated rings. The van der Waals surface area contributed by atoms with Crippen LogP contribution < -0.4 is 14.9 Å². The predicted molar refractivity (Wildman–Crippen MR) is 77.7 cm³/mol. The zero-order chi connectivity index (χ0) is 13.7.